The van der Waals surface area contributed by atoms with E-state index in [0.29, 0.717) is 17.3 Å². The third-order valence-electron chi connectivity index (χ3n) is 2.83. The standard InChI is InChI=1S/C11H18N2O2S2/c1-2-5-13(10-3-4-10)17(14,15)11-6-9(7-12)8-16-11/h6,8,10H,2-5,7,12H2,1H3. The first-order valence-electron chi connectivity index (χ1n) is 5.89. The van der Waals surface area contributed by atoms with Crippen LogP contribution in [0.3, 0.4) is 0 Å². The Morgan fingerprint density at radius 1 is 1.53 bits per heavy atom. The van der Waals surface area contributed by atoms with Crippen molar-refractivity contribution in [2.24, 2.45) is 5.73 Å². The van der Waals surface area contributed by atoms with Gasteiger partial charge in [-0.05, 0) is 36.3 Å². The summed E-state index contributed by atoms with van der Waals surface area (Å²) in [7, 11) is -3.29. The van der Waals surface area contributed by atoms with Gasteiger partial charge >= 0.3 is 0 Å². The van der Waals surface area contributed by atoms with Gasteiger partial charge in [0.15, 0.2) is 0 Å². The van der Waals surface area contributed by atoms with Gasteiger partial charge in [0.25, 0.3) is 10.0 Å². The minimum absolute atomic E-state index is 0.225. The topological polar surface area (TPSA) is 63.4 Å². The van der Waals surface area contributed by atoms with Gasteiger partial charge in [-0.15, -0.1) is 11.3 Å². The molecule has 1 aliphatic carbocycles. The average molecular weight is 274 g/mol. The van der Waals surface area contributed by atoms with Crippen LogP contribution in [0.1, 0.15) is 31.7 Å². The lowest BCUT2D eigenvalue weighted by molar-refractivity contribution is 0.404. The molecule has 1 fully saturated rings. The van der Waals surface area contributed by atoms with Crippen LogP contribution in [-0.4, -0.2) is 25.3 Å². The van der Waals surface area contributed by atoms with Crippen LogP contribution in [0, 0.1) is 0 Å². The molecule has 1 aromatic rings. The molecule has 0 aliphatic heterocycles. The molecule has 6 heteroatoms. The Labute approximate surface area is 106 Å². The van der Waals surface area contributed by atoms with Crippen molar-refractivity contribution < 1.29 is 8.42 Å². The molecule has 0 saturated heterocycles. The van der Waals surface area contributed by atoms with Crippen molar-refractivity contribution in [3.63, 3.8) is 0 Å². The van der Waals surface area contributed by atoms with E-state index >= 15 is 0 Å². The zero-order valence-corrected chi connectivity index (χ0v) is 11.6. The minimum atomic E-state index is -3.29. The van der Waals surface area contributed by atoms with E-state index in [0.717, 1.165) is 24.8 Å². The fraction of sp³-hybridized carbons (Fsp3) is 0.636. The highest BCUT2D eigenvalue weighted by Gasteiger charge is 2.37. The van der Waals surface area contributed by atoms with Gasteiger partial charge in [0.2, 0.25) is 0 Å². The van der Waals surface area contributed by atoms with Crippen LogP contribution in [0.15, 0.2) is 15.7 Å². The van der Waals surface area contributed by atoms with Gasteiger partial charge < -0.3 is 5.73 Å². The predicted octanol–water partition coefficient (Wildman–Crippen LogP) is 1.77. The van der Waals surface area contributed by atoms with E-state index < -0.39 is 10.0 Å². The second-order valence-corrected chi connectivity index (χ2v) is 7.35. The van der Waals surface area contributed by atoms with Crippen molar-refractivity contribution in [3.8, 4) is 0 Å². The summed E-state index contributed by atoms with van der Waals surface area (Å²) < 4.78 is 26.9. The molecule has 96 valence electrons. The number of rotatable bonds is 6. The molecule has 0 spiro atoms. The van der Waals surface area contributed by atoms with E-state index in [1.165, 1.54) is 11.3 Å². The highest BCUT2D eigenvalue weighted by molar-refractivity contribution is 7.91. The molecule has 0 aromatic carbocycles. The number of thiophene rings is 1. The summed E-state index contributed by atoms with van der Waals surface area (Å²) in [6.45, 7) is 3.01. The molecule has 2 rings (SSSR count). The SMILES string of the molecule is CCCN(C1CC1)S(=O)(=O)c1cc(CN)cs1. The van der Waals surface area contributed by atoms with Crippen molar-refractivity contribution in [3.05, 3.63) is 17.0 Å². The summed E-state index contributed by atoms with van der Waals surface area (Å²) in [6.07, 6.45) is 2.84. The molecule has 1 saturated carbocycles. The summed E-state index contributed by atoms with van der Waals surface area (Å²) in [5.74, 6) is 0. The fourth-order valence-corrected chi connectivity index (χ4v) is 4.92. The van der Waals surface area contributed by atoms with Crippen LogP contribution in [0.25, 0.3) is 0 Å². The van der Waals surface area contributed by atoms with Crippen LogP contribution in [-0.2, 0) is 16.6 Å². The van der Waals surface area contributed by atoms with E-state index in [1.807, 2.05) is 12.3 Å². The van der Waals surface area contributed by atoms with E-state index in [1.54, 1.807) is 10.4 Å². The molecule has 0 atom stereocenters. The average Bonchev–Trinajstić information content (AvgIpc) is 3.01. The molecule has 0 bridgehead atoms. The second-order valence-electron chi connectivity index (χ2n) is 4.33. The Balaban J connectivity index is 2.26. The van der Waals surface area contributed by atoms with Gasteiger partial charge in [0.05, 0.1) is 0 Å². The number of nitrogens with two attached hydrogens (primary N) is 1. The van der Waals surface area contributed by atoms with Gasteiger partial charge in [0, 0.05) is 19.1 Å². The molecule has 0 amide bonds. The van der Waals surface area contributed by atoms with Crippen molar-refractivity contribution in [2.75, 3.05) is 6.54 Å². The lowest BCUT2D eigenvalue weighted by Crippen LogP contribution is -2.33. The number of hydrogen-bond acceptors (Lipinski definition) is 4. The molecule has 0 unspecified atom stereocenters. The van der Waals surface area contributed by atoms with Gasteiger partial charge in [-0.1, -0.05) is 6.92 Å². The van der Waals surface area contributed by atoms with Crippen LogP contribution < -0.4 is 5.73 Å². The smallest absolute Gasteiger partial charge is 0.252 e. The molecular formula is C11H18N2O2S2. The molecule has 1 aromatic heterocycles. The minimum Gasteiger partial charge on any atom is -0.326 e. The first kappa shape index (κ1) is 13.0. The van der Waals surface area contributed by atoms with Crippen molar-refractivity contribution in [1.29, 1.82) is 0 Å². The van der Waals surface area contributed by atoms with Crippen LogP contribution >= 0.6 is 11.3 Å². The highest BCUT2D eigenvalue weighted by atomic mass is 32.2. The van der Waals surface area contributed by atoms with Crippen LogP contribution in [0.5, 0.6) is 0 Å². The number of hydrogen-bond donors (Lipinski definition) is 1. The lowest BCUT2D eigenvalue weighted by atomic mass is 10.4. The Hall–Kier alpha value is -0.430. The normalized spacial score (nSPS) is 16.6. The molecule has 2 N–H and O–H groups in total. The quantitative estimate of drug-likeness (QED) is 0.860. The second kappa shape index (κ2) is 5.06. The first-order valence-corrected chi connectivity index (χ1v) is 8.21. The first-order chi connectivity index (χ1) is 8.09. The molecule has 1 heterocycles. The van der Waals surface area contributed by atoms with Gasteiger partial charge in [-0.25, -0.2) is 8.42 Å². The molecular weight excluding hydrogens is 256 g/mol. The fourth-order valence-electron chi connectivity index (χ4n) is 1.79. The number of nitrogens with zero attached hydrogens (tertiary/aromatic N) is 1. The Kier molecular flexibility index (Phi) is 3.87. The van der Waals surface area contributed by atoms with Crippen LogP contribution in [0.4, 0.5) is 0 Å². The maximum absolute atomic E-state index is 12.4. The Morgan fingerprint density at radius 2 is 2.24 bits per heavy atom. The summed E-state index contributed by atoms with van der Waals surface area (Å²) in [5.41, 5.74) is 6.40. The Morgan fingerprint density at radius 3 is 2.71 bits per heavy atom. The molecule has 0 radical (unpaired) electrons. The van der Waals surface area contributed by atoms with E-state index in [2.05, 4.69) is 0 Å². The Bertz CT molecular complexity index is 477. The van der Waals surface area contributed by atoms with Gasteiger partial charge in [0.1, 0.15) is 4.21 Å². The number of sulfonamides is 1. The maximum Gasteiger partial charge on any atom is 0.252 e. The van der Waals surface area contributed by atoms with Crippen molar-refractivity contribution in [2.45, 2.75) is 43.0 Å². The predicted molar refractivity (Wildman–Crippen MR) is 69.4 cm³/mol. The van der Waals surface area contributed by atoms with Gasteiger partial charge in [-0.3, -0.25) is 0 Å². The largest absolute Gasteiger partial charge is 0.326 e. The van der Waals surface area contributed by atoms with Crippen molar-refractivity contribution >= 4 is 21.4 Å². The lowest BCUT2D eigenvalue weighted by Gasteiger charge is -2.19. The third kappa shape index (κ3) is 2.70. The summed E-state index contributed by atoms with van der Waals surface area (Å²) >= 11 is 1.27. The van der Waals surface area contributed by atoms with Gasteiger partial charge in [-0.2, -0.15) is 4.31 Å². The van der Waals surface area contributed by atoms with E-state index in [4.69, 9.17) is 5.73 Å². The van der Waals surface area contributed by atoms with Crippen molar-refractivity contribution in [1.82, 2.24) is 4.31 Å². The third-order valence-corrected chi connectivity index (χ3v) is 6.24. The van der Waals surface area contributed by atoms with E-state index in [-0.39, 0.29) is 6.04 Å². The molecule has 17 heavy (non-hydrogen) atoms. The zero-order valence-electron chi connectivity index (χ0n) is 9.93. The van der Waals surface area contributed by atoms with Crippen LogP contribution in [0.2, 0.25) is 0 Å². The van der Waals surface area contributed by atoms with E-state index in [9.17, 15) is 8.42 Å². The maximum atomic E-state index is 12.4. The summed E-state index contributed by atoms with van der Waals surface area (Å²) in [5, 5.41) is 1.82. The molecule has 1 aliphatic rings. The zero-order chi connectivity index (χ0) is 12.5. The summed E-state index contributed by atoms with van der Waals surface area (Å²) in [4.78, 5) is 0. The highest BCUT2D eigenvalue weighted by Crippen LogP contribution is 2.34. The monoisotopic (exact) mass is 274 g/mol. The molecule has 4 nitrogen and oxygen atoms in total. The summed E-state index contributed by atoms with van der Waals surface area (Å²) in [6, 6.07) is 1.92.